The Labute approximate surface area is 148 Å². The third kappa shape index (κ3) is 5.05. The van der Waals surface area contributed by atoms with E-state index in [1.54, 1.807) is 11.8 Å². The zero-order chi connectivity index (χ0) is 18.6. The van der Waals surface area contributed by atoms with Crippen LogP contribution in [0.25, 0.3) is 0 Å². The molecule has 25 heavy (non-hydrogen) atoms. The molecule has 0 heterocycles. The van der Waals surface area contributed by atoms with Gasteiger partial charge in [0.2, 0.25) is 11.8 Å². The van der Waals surface area contributed by atoms with Crippen molar-refractivity contribution in [3.63, 3.8) is 0 Å². The molecule has 1 aliphatic rings. The minimum absolute atomic E-state index is 0.0293. The number of anilines is 1. The minimum atomic E-state index is -0.820. The minimum Gasteiger partial charge on any atom is -0.481 e. The molecule has 6 heteroatoms. The number of amides is 2. The van der Waals surface area contributed by atoms with Gasteiger partial charge in [0.1, 0.15) is 0 Å². The lowest BCUT2D eigenvalue weighted by Crippen LogP contribution is -2.34. The number of rotatable bonds is 6. The summed E-state index contributed by atoms with van der Waals surface area (Å²) in [6.07, 6.45) is 1.58. The summed E-state index contributed by atoms with van der Waals surface area (Å²) in [4.78, 5) is 36.7. The summed E-state index contributed by atoms with van der Waals surface area (Å²) in [6, 6.07) is 7.54. The number of carboxylic acid groups (broad SMARTS) is 1. The molecule has 136 valence electrons. The number of carbonyl (C=O) groups excluding carboxylic acids is 2. The summed E-state index contributed by atoms with van der Waals surface area (Å²) >= 11 is 0. The number of carbonyl (C=O) groups is 3. The number of aliphatic carboxylic acids is 1. The monoisotopic (exact) mass is 346 g/mol. The molecule has 1 aromatic carbocycles. The first kappa shape index (κ1) is 19.0. The first-order valence-electron chi connectivity index (χ1n) is 8.67. The molecule has 1 aromatic rings. The van der Waals surface area contributed by atoms with Crippen molar-refractivity contribution in [2.45, 2.75) is 52.6 Å². The molecule has 0 aliphatic heterocycles. The van der Waals surface area contributed by atoms with E-state index in [4.69, 9.17) is 5.11 Å². The molecule has 2 amide bonds. The summed E-state index contributed by atoms with van der Waals surface area (Å²) in [7, 11) is 0. The standard InChI is InChI=1S/C19H26N2O4/c1-12(2)21(13(3)22)11-14-4-8-17(9-5-14)20-18(23)15-6-7-16(10-15)19(24)25/h4-5,8-9,12,15-16H,6-7,10-11H2,1-3H3,(H,20,23)(H,24,25)/t15-,16+/m1/s1. The van der Waals surface area contributed by atoms with Crippen molar-refractivity contribution >= 4 is 23.5 Å². The summed E-state index contributed by atoms with van der Waals surface area (Å²) in [5, 5.41) is 11.9. The second-order valence-corrected chi connectivity index (χ2v) is 6.97. The average molecular weight is 346 g/mol. The first-order valence-corrected chi connectivity index (χ1v) is 8.67. The zero-order valence-corrected chi connectivity index (χ0v) is 15.0. The van der Waals surface area contributed by atoms with E-state index >= 15 is 0 Å². The van der Waals surface area contributed by atoms with Gasteiger partial charge in [0, 0.05) is 31.1 Å². The van der Waals surface area contributed by atoms with Crippen LogP contribution in [0.3, 0.4) is 0 Å². The fourth-order valence-corrected chi connectivity index (χ4v) is 3.24. The average Bonchev–Trinajstić information content (AvgIpc) is 3.03. The fourth-order valence-electron chi connectivity index (χ4n) is 3.24. The summed E-state index contributed by atoms with van der Waals surface area (Å²) in [5.41, 5.74) is 1.68. The largest absolute Gasteiger partial charge is 0.481 e. The lowest BCUT2D eigenvalue weighted by atomic mass is 10.0. The molecule has 2 N–H and O–H groups in total. The Morgan fingerprint density at radius 3 is 2.24 bits per heavy atom. The summed E-state index contributed by atoms with van der Waals surface area (Å²) < 4.78 is 0. The van der Waals surface area contributed by atoms with Crippen LogP contribution >= 0.6 is 0 Å². The van der Waals surface area contributed by atoms with Crippen molar-refractivity contribution in [3.05, 3.63) is 29.8 Å². The third-order valence-corrected chi connectivity index (χ3v) is 4.75. The number of nitrogens with one attached hydrogen (secondary N) is 1. The predicted octanol–water partition coefficient (Wildman–Crippen LogP) is 2.88. The molecule has 0 unspecified atom stereocenters. The van der Waals surface area contributed by atoms with E-state index in [9.17, 15) is 14.4 Å². The molecule has 1 saturated carbocycles. The molecule has 0 spiro atoms. The van der Waals surface area contributed by atoms with Crippen molar-refractivity contribution in [2.24, 2.45) is 11.8 Å². The number of carboxylic acids is 1. The fraction of sp³-hybridized carbons (Fsp3) is 0.526. The Balaban J connectivity index is 1.93. The normalized spacial score (nSPS) is 19.7. The van der Waals surface area contributed by atoms with Gasteiger partial charge < -0.3 is 15.3 Å². The van der Waals surface area contributed by atoms with Gasteiger partial charge in [-0.3, -0.25) is 14.4 Å². The van der Waals surface area contributed by atoms with Crippen LogP contribution in [0.2, 0.25) is 0 Å². The second kappa shape index (κ2) is 8.14. The van der Waals surface area contributed by atoms with Crippen LogP contribution in [0, 0.1) is 11.8 Å². The number of benzene rings is 1. The van der Waals surface area contributed by atoms with Gasteiger partial charge in [-0.05, 0) is 50.8 Å². The summed E-state index contributed by atoms with van der Waals surface area (Å²) in [5.74, 6) is -1.56. The molecule has 1 aliphatic carbocycles. The highest BCUT2D eigenvalue weighted by Gasteiger charge is 2.33. The van der Waals surface area contributed by atoms with Gasteiger partial charge in [0.05, 0.1) is 5.92 Å². The third-order valence-electron chi connectivity index (χ3n) is 4.75. The van der Waals surface area contributed by atoms with Crippen LogP contribution < -0.4 is 5.32 Å². The molecule has 6 nitrogen and oxygen atoms in total. The van der Waals surface area contributed by atoms with E-state index in [0.29, 0.717) is 31.5 Å². The predicted molar refractivity (Wildman–Crippen MR) is 94.9 cm³/mol. The van der Waals surface area contributed by atoms with Gasteiger partial charge in [0.25, 0.3) is 0 Å². The van der Waals surface area contributed by atoms with Crippen LogP contribution in [-0.4, -0.2) is 33.8 Å². The molecule has 0 radical (unpaired) electrons. The SMILES string of the molecule is CC(=O)N(Cc1ccc(NC(=O)[C@@H]2CC[C@H](C(=O)O)C2)cc1)C(C)C. The van der Waals surface area contributed by atoms with Gasteiger partial charge in [0.15, 0.2) is 0 Å². The van der Waals surface area contributed by atoms with E-state index in [2.05, 4.69) is 5.32 Å². The molecule has 2 rings (SSSR count). The van der Waals surface area contributed by atoms with Crippen molar-refractivity contribution in [1.82, 2.24) is 4.90 Å². The molecule has 0 saturated heterocycles. The maximum absolute atomic E-state index is 12.3. The van der Waals surface area contributed by atoms with Gasteiger partial charge in [-0.2, -0.15) is 0 Å². The van der Waals surface area contributed by atoms with Gasteiger partial charge in [-0.25, -0.2) is 0 Å². The maximum Gasteiger partial charge on any atom is 0.306 e. The van der Waals surface area contributed by atoms with Crippen LogP contribution in [0.4, 0.5) is 5.69 Å². The van der Waals surface area contributed by atoms with Crippen LogP contribution in [0.15, 0.2) is 24.3 Å². The Bertz CT molecular complexity index is 639. The summed E-state index contributed by atoms with van der Waals surface area (Å²) in [6.45, 7) is 6.04. The van der Waals surface area contributed by atoms with Gasteiger partial charge in [-0.15, -0.1) is 0 Å². The molecule has 1 fully saturated rings. The molecular formula is C19H26N2O4. The lowest BCUT2D eigenvalue weighted by molar-refractivity contribution is -0.141. The highest BCUT2D eigenvalue weighted by Crippen LogP contribution is 2.31. The second-order valence-electron chi connectivity index (χ2n) is 6.97. The van der Waals surface area contributed by atoms with E-state index in [1.165, 1.54) is 0 Å². The van der Waals surface area contributed by atoms with Crippen molar-refractivity contribution in [3.8, 4) is 0 Å². The van der Waals surface area contributed by atoms with Crippen LogP contribution in [-0.2, 0) is 20.9 Å². The maximum atomic E-state index is 12.3. The van der Waals surface area contributed by atoms with E-state index in [-0.39, 0.29) is 23.8 Å². The molecule has 2 atom stereocenters. The quantitative estimate of drug-likeness (QED) is 0.829. The van der Waals surface area contributed by atoms with Crippen LogP contribution in [0.5, 0.6) is 0 Å². The van der Waals surface area contributed by atoms with Crippen molar-refractivity contribution in [1.29, 1.82) is 0 Å². The number of nitrogens with zero attached hydrogens (tertiary/aromatic N) is 1. The molecule has 0 bridgehead atoms. The van der Waals surface area contributed by atoms with Gasteiger partial charge in [-0.1, -0.05) is 12.1 Å². The molecule has 0 aromatic heterocycles. The van der Waals surface area contributed by atoms with Gasteiger partial charge >= 0.3 is 5.97 Å². The zero-order valence-electron chi connectivity index (χ0n) is 15.0. The van der Waals surface area contributed by atoms with E-state index in [0.717, 1.165) is 5.56 Å². The number of hydrogen-bond acceptors (Lipinski definition) is 3. The van der Waals surface area contributed by atoms with Crippen molar-refractivity contribution in [2.75, 3.05) is 5.32 Å². The first-order chi connectivity index (χ1) is 11.8. The van der Waals surface area contributed by atoms with E-state index in [1.807, 2.05) is 38.1 Å². The topological polar surface area (TPSA) is 86.7 Å². The smallest absolute Gasteiger partial charge is 0.306 e. The Morgan fingerprint density at radius 2 is 1.76 bits per heavy atom. The van der Waals surface area contributed by atoms with Crippen LogP contribution in [0.1, 0.15) is 45.6 Å². The Morgan fingerprint density at radius 1 is 1.16 bits per heavy atom. The Hall–Kier alpha value is -2.37. The highest BCUT2D eigenvalue weighted by molar-refractivity contribution is 5.93. The lowest BCUT2D eigenvalue weighted by Gasteiger charge is -2.25. The highest BCUT2D eigenvalue weighted by atomic mass is 16.4. The Kier molecular flexibility index (Phi) is 6.17. The van der Waals surface area contributed by atoms with E-state index < -0.39 is 11.9 Å². The number of hydrogen-bond donors (Lipinski definition) is 2. The van der Waals surface area contributed by atoms with Crippen molar-refractivity contribution < 1.29 is 19.5 Å². The molecular weight excluding hydrogens is 320 g/mol.